The van der Waals surface area contributed by atoms with Gasteiger partial charge < -0.3 is 16.0 Å². The number of anilines is 3. The van der Waals surface area contributed by atoms with Crippen LogP contribution in [0.1, 0.15) is 40.7 Å². The Balaban J connectivity index is 1.61. The Bertz CT molecular complexity index is 929. The molecular weight excluding hydrogens is 362 g/mol. The van der Waals surface area contributed by atoms with Gasteiger partial charge in [0.1, 0.15) is 5.56 Å². The van der Waals surface area contributed by atoms with E-state index in [2.05, 4.69) is 24.1 Å². The van der Waals surface area contributed by atoms with E-state index in [1.165, 1.54) is 35.7 Å². The molecule has 6 N–H and O–H groups in total. The van der Waals surface area contributed by atoms with E-state index < -0.39 is 0 Å². The third kappa shape index (κ3) is 5.45. The SMILES string of the molecule is Cc1ccc(NC=CC(=N)[NH2+]C(=O)c2cc(N3CCCCC3)ccc2N)cc1C. The van der Waals surface area contributed by atoms with Crippen LogP contribution in [-0.4, -0.2) is 24.8 Å². The number of quaternary nitrogens is 1. The first-order valence-corrected chi connectivity index (χ1v) is 10.1. The molecular formula is C23H30N5O+. The number of piperidine rings is 1. The summed E-state index contributed by atoms with van der Waals surface area (Å²) in [4.78, 5) is 15.0. The summed E-state index contributed by atoms with van der Waals surface area (Å²) in [5, 5.41) is 12.5. The summed E-state index contributed by atoms with van der Waals surface area (Å²) in [6.45, 7) is 6.13. The van der Waals surface area contributed by atoms with Crippen LogP contribution < -0.4 is 21.3 Å². The monoisotopic (exact) mass is 392 g/mol. The molecule has 1 saturated heterocycles. The second kappa shape index (κ2) is 9.39. The van der Waals surface area contributed by atoms with Crippen molar-refractivity contribution in [1.29, 1.82) is 5.41 Å². The van der Waals surface area contributed by atoms with Crippen molar-refractivity contribution in [2.45, 2.75) is 33.1 Å². The fourth-order valence-corrected chi connectivity index (χ4v) is 3.43. The summed E-state index contributed by atoms with van der Waals surface area (Å²) < 4.78 is 0. The van der Waals surface area contributed by atoms with Gasteiger partial charge in [-0.25, -0.2) is 10.1 Å². The van der Waals surface area contributed by atoms with Crippen molar-refractivity contribution < 1.29 is 10.1 Å². The molecule has 0 unspecified atom stereocenters. The first-order valence-electron chi connectivity index (χ1n) is 10.1. The molecule has 0 bridgehead atoms. The molecule has 1 fully saturated rings. The number of aryl methyl sites for hydroxylation is 2. The number of hydrogen-bond acceptors (Lipinski definition) is 5. The highest BCUT2D eigenvalue weighted by Crippen LogP contribution is 2.23. The van der Waals surface area contributed by atoms with Crippen LogP contribution >= 0.6 is 0 Å². The van der Waals surface area contributed by atoms with Gasteiger partial charge in [0.2, 0.25) is 5.84 Å². The standard InChI is InChI=1S/C23H29N5O/c1-16-6-7-18(14-17(16)2)26-11-10-22(25)27-23(29)20-15-19(8-9-21(20)24)28-12-4-3-5-13-28/h6-11,14-15,26H,3-5,12-13,24H2,1-2H3,(H2,25,27,29)/p+1. The summed E-state index contributed by atoms with van der Waals surface area (Å²) in [5.41, 5.74) is 11.3. The molecule has 6 heteroatoms. The molecule has 3 rings (SSSR count). The smallest absolute Gasteiger partial charge is 0.351 e. The largest absolute Gasteiger partial charge is 0.398 e. The van der Waals surface area contributed by atoms with E-state index in [4.69, 9.17) is 11.1 Å². The topological polar surface area (TPSA) is 98.8 Å². The fraction of sp³-hybridized carbons (Fsp3) is 0.304. The molecule has 1 amide bonds. The summed E-state index contributed by atoms with van der Waals surface area (Å²) in [6, 6.07) is 11.7. The van der Waals surface area contributed by atoms with Crippen molar-refractivity contribution in [3.63, 3.8) is 0 Å². The van der Waals surface area contributed by atoms with Gasteiger partial charge in [-0.1, -0.05) is 6.07 Å². The van der Waals surface area contributed by atoms with Crippen molar-refractivity contribution in [3.05, 3.63) is 65.4 Å². The number of amides is 1. The number of amidine groups is 1. The Morgan fingerprint density at radius 3 is 2.59 bits per heavy atom. The van der Waals surface area contributed by atoms with Crippen LogP contribution in [-0.2, 0) is 0 Å². The van der Waals surface area contributed by atoms with Gasteiger partial charge in [-0.05, 0) is 74.6 Å². The van der Waals surface area contributed by atoms with Crippen LogP contribution in [0.4, 0.5) is 17.1 Å². The minimum absolute atomic E-state index is 0.120. The minimum atomic E-state index is -0.248. The first-order chi connectivity index (χ1) is 13.9. The lowest BCUT2D eigenvalue weighted by Crippen LogP contribution is -2.91. The third-order valence-corrected chi connectivity index (χ3v) is 5.33. The lowest BCUT2D eigenvalue weighted by atomic mass is 10.1. The summed E-state index contributed by atoms with van der Waals surface area (Å²) in [5.74, 6) is -0.128. The maximum Gasteiger partial charge on any atom is 0.351 e. The predicted molar refractivity (Wildman–Crippen MR) is 120 cm³/mol. The fourth-order valence-electron chi connectivity index (χ4n) is 3.43. The number of benzene rings is 2. The maximum atomic E-state index is 12.7. The summed E-state index contributed by atoms with van der Waals surface area (Å²) in [7, 11) is 0. The van der Waals surface area contributed by atoms with E-state index in [1.807, 2.05) is 30.3 Å². The van der Waals surface area contributed by atoms with Crippen LogP contribution in [0, 0.1) is 19.3 Å². The Labute approximate surface area is 172 Å². The van der Waals surface area contributed by atoms with Crippen LogP contribution in [0.5, 0.6) is 0 Å². The second-order valence-corrected chi connectivity index (χ2v) is 7.56. The molecule has 0 spiro atoms. The van der Waals surface area contributed by atoms with E-state index in [0.717, 1.165) is 24.5 Å². The van der Waals surface area contributed by atoms with E-state index in [0.29, 0.717) is 11.3 Å². The Kier molecular flexibility index (Phi) is 6.67. The lowest BCUT2D eigenvalue weighted by Gasteiger charge is -2.29. The number of carbonyl (C=O) groups is 1. The molecule has 1 aliphatic rings. The molecule has 0 atom stereocenters. The predicted octanol–water partition coefficient (Wildman–Crippen LogP) is 3.18. The van der Waals surface area contributed by atoms with Gasteiger partial charge in [0, 0.05) is 42.4 Å². The number of nitrogen functional groups attached to an aromatic ring is 1. The van der Waals surface area contributed by atoms with E-state index in [9.17, 15) is 4.79 Å². The molecule has 0 aromatic heterocycles. The lowest BCUT2D eigenvalue weighted by molar-refractivity contribution is -0.429. The van der Waals surface area contributed by atoms with Crippen molar-refractivity contribution in [2.24, 2.45) is 0 Å². The summed E-state index contributed by atoms with van der Waals surface area (Å²) in [6.07, 6.45) is 6.83. The van der Waals surface area contributed by atoms with Crippen LogP contribution in [0.25, 0.3) is 0 Å². The molecule has 29 heavy (non-hydrogen) atoms. The van der Waals surface area contributed by atoms with Gasteiger partial charge in [0.15, 0.2) is 0 Å². The highest BCUT2D eigenvalue weighted by atomic mass is 16.1. The molecule has 152 valence electrons. The highest BCUT2D eigenvalue weighted by molar-refractivity contribution is 5.99. The number of nitrogens with two attached hydrogens (primary N) is 2. The summed E-state index contributed by atoms with van der Waals surface area (Å²) >= 11 is 0. The van der Waals surface area contributed by atoms with Crippen molar-refractivity contribution >= 4 is 28.8 Å². The average molecular weight is 393 g/mol. The molecule has 1 heterocycles. The first kappa shape index (κ1) is 20.6. The van der Waals surface area contributed by atoms with E-state index in [-0.39, 0.29) is 11.7 Å². The minimum Gasteiger partial charge on any atom is -0.398 e. The van der Waals surface area contributed by atoms with Gasteiger partial charge in [-0.2, -0.15) is 0 Å². The van der Waals surface area contributed by atoms with E-state index in [1.54, 1.807) is 18.3 Å². The molecule has 2 aromatic rings. The van der Waals surface area contributed by atoms with E-state index >= 15 is 0 Å². The quantitative estimate of drug-likeness (QED) is 0.357. The molecule has 2 aromatic carbocycles. The molecule has 1 aliphatic heterocycles. The van der Waals surface area contributed by atoms with Gasteiger partial charge in [0.25, 0.3) is 0 Å². The van der Waals surface area contributed by atoms with Crippen molar-refractivity contribution in [3.8, 4) is 0 Å². The van der Waals surface area contributed by atoms with Crippen molar-refractivity contribution in [2.75, 3.05) is 29.0 Å². The van der Waals surface area contributed by atoms with Gasteiger partial charge in [0.05, 0.1) is 0 Å². The molecule has 0 radical (unpaired) electrons. The Morgan fingerprint density at radius 1 is 1.10 bits per heavy atom. The van der Waals surface area contributed by atoms with Crippen LogP contribution in [0.2, 0.25) is 0 Å². The normalized spacial score (nSPS) is 14.2. The Morgan fingerprint density at radius 2 is 1.86 bits per heavy atom. The molecule has 0 aliphatic carbocycles. The highest BCUT2D eigenvalue weighted by Gasteiger charge is 2.19. The van der Waals surface area contributed by atoms with Crippen molar-refractivity contribution in [1.82, 2.24) is 0 Å². The second-order valence-electron chi connectivity index (χ2n) is 7.56. The molecule has 0 saturated carbocycles. The number of nitrogens with one attached hydrogen (secondary N) is 2. The zero-order valence-electron chi connectivity index (χ0n) is 17.2. The number of carbonyl (C=O) groups excluding carboxylic acids is 1. The third-order valence-electron chi connectivity index (χ3n) is 5.33. The maximum absolute atomic E-state index is 12.7. The molecule has 6 nitrogen and oxygen atoms in total. The zero-order valence-corrected chi connectivity index (χ0v) is 17.2. The number of nitrogens with zero attached hydrogens (tertiary/aromatic N) is 1. The van der Waals surface area contributed by atoms with Crippen LogP contribution in [0.15, 0.2) is 48.7 Å². The number of hydrogen-bond donors (Lipinski definition) is 4. The average Bonchev–Trinajstić information content (AvgIpc) is 2.71. The van der Waals surface area contributed by atoms with Crippen LogP contribution in [0.3, 0.4) is 0 Å². The van der Waals surface area contributed by atoms with Gasteiger partial charge >= 0.3 is 5.91 Å². The Hall–Kier alpha value is -3.12. The number of primary amides is 1. The zero-order chi connectivity index (χ0) is 20.8. The van der Waals surface area contributed by atoms with Gasteiger partial charge in [-0.15, -0.1) is 0 Å². The number of rotatable bonds is 5. The van der Waals surface area contributed by atoms with Gasteiger partial charge in [-0.3, -0.25) is 5.41 Å².